The quantitative estimate of drug-likeness (QED) is 0.648. The summed E-state index contributed by atoms with van der Waals surface area (Å²) in [6.45, 7) is 2.27. The number of benzene rings is 2. The van der Waals surface area contributed by atoms with Gasteiger partial charge in [-0.05, 0) is 49.9 Å². The Hall–Kier alpha value is -2.95. The van der Waals surface area contributed by atoms with Crippen molar-refractivity contribution in [3.63, 3.8) is 0 Å². The first-order valence-corrected chi connectivity index (χ1v) is 8.27. The summed E-state index contributed by atoms with van der Waals surface area (Å²) in [6, 6.07) is 12.1. The average Bonchev–Trinajstić information content (AvgIpc) is 2.83. The van der Waals surface area contributed by atoms with Gasteiger partial charge in [0.1, 0.15) is 0 Å². The zero-order chi connectivity index (χ0) is 18.0. The van der Waals surface area contributed by atoms with E-state index in [2.05, 4.69) is 0 Å². The number of carboxylic acids is 1. The van der Waals surface area contributed by atoms with Crippen molar-refractivity contribution in [3.05, 3.63) is 70.3 Å². The Bertz CT molecular complexity index is 822. The van der Waals surface area contributed by atoms with Gasteiger partial charge in [0.25, 0.3) is 11.8 Å². The molecule has 1 aliphatic rings. The number of carbonyl (C=O) groups is 3. The molecule has 0 aliphatic carbocycles. The van der Waals surface area contributed by atoms with E-state index in [0.717, 1.165) is 11.1 Å². The molecule has 5 nitrogen and oxygen atoms in total. The lowest BCUT2D eigenvalue weighted by molar-refractivity contribution is 0.0649. The van der Waals surface area contributed by atoms with Crippen molar-refractivity contribution in [3.8, 4) is 0 Å². The minimum Gasteiger partial charge on any atom is -0.478 e. The van der Waals surface area contributed by atoms with E-state index in [4.69, 9.17) is 0 Å². The van der Waals surface area contributed by atoms with Gasteiger partial charge in [0.05, 0.1) is 16.7 Å². The van der Waals surface area contributed by atoms with Crippen molar-refractivity contribution in [1.82, 2.24) is 4.90 Å². The molecular formula is C20H19NO4. The third kappa shape index (κ3) is 3.31. The van der Waals surface area contributed by atoms with Crippen LogP contribution in [-0.4, -0.2) is 34.3 Å². The molecule has 25 heavy (non-hydrogen) atoms. The van der Waals surface area contributed by atoms with Gasteiger partial charge in [0.15, 0.2) is 0 Å². The summed E-state index contributed by atoms with van der Waals surface area (Å²) < 4.78 is 0. The Labute approximate surface area is 145 Å². The van der Waals surface area contributed by atoms with E-state index >= 15 is 0 Å². The van der Waals surface area contributed by atoms with Crippen molar-refractivity contribution in [2.45, 2.75) is 26.2 Å². The molecule has 2 aromatic carbocycles. The first-order chi connectivity index (χ1) is 12.0. The average molecular weight is 337 g/mol. The van der Waals surface area contributed by atoms with Crippen LogP contribution in [0.1, 0.15) is 55.0 Å². The molecule has 0 unspecified atom stereocenters. The van der Waals surface area contributed by atoms with E-state index < -0.39 is 5.97 Å². The van der Waals surface area contributed by atoms with E-state index in [1.807, 2.05) is 13.0 Å². The lowest BCUT2D eigenvalue weighted by atomic mass is 9.99. The molecule has 0 atom stereocenters. The number of nitrogens with zero attached hydrogens (tertiary/aromatic N) is 1. The Kier molecular flexibility index (Phi) is 4.65. The summed E-state index contributed by atoms with van der Waals surface area (Å²) >= 11 is 0. The monoisotopic (exact) mass is 337 g/mol. The number of carboxylic acid groups (broad SMARTS) is 1. The lowest BCUT2D eigenvalue weighted by Gasteiger charge is -2.14. The van der Waals surface area contributed by atoms with Gasteiger partial charge in [-0.1, -0.05) is 29.8 Å². The van der Waals surface area contributed by atoms with Crippen LogP contribution in [0.4, 0.5) is 0 Å². The molecule has 1 aliphatic heterocycles. The maximum atomic E-state index is 12.3. The fourth-order valence-corrected chi connectivity index (χ4v) is 3.17. The minimum absolute atomic E-state index is 0.248. The molecule has 0 fully saturated rings. The molecule has 3 rings (SSSR count). The summed E-state index contributed by atoms with van der Waals surface area (Å²) in [5.74, 6) is -1.43. The smallest absolute Gasteiger partial charge is 0.335 e. The Morgan fingerprint density at radius 2 is 1.64 bits per heavy atom. The normalized spacial score (nSPS) is 13.2. The number of aromatic carboxylic acids is 1. The molecular weight excluding hydrogens is 318 g/mol. The van der Waals surface area contributed by atoms with Crippen molar-refractivity contribution >= 4 is 17.8 Å². The molecule has 0 saturated carbocycles. The summed E-state index contributed by atoms with van der Waals surface area (Å²) in [5, 5.41) is 9.26. The number of hydrogen-bond acceptors (Lipinski definition) is 3. The van der Waals surface area contributed by atoms with Crippen LogP contribution in [0.15, 0.2) is 42.5 Å². The highest BCUT2D eigenvalue weighted by Gasteiger charge is 2.34. The number of carbonyl (C=O) groups excluding carboxylic acids is 2. The highest BCUT2D eigenvalue weighted by atomic mass is 16.4. The highest BCUT2D eigenvalue weighted by molar-refractivity contribution is 6.21. The summed E-state index contributed by atoms with van der Waals surface area (Å²) in [6.07, 6.45) is 1.95. The van der Waals surface area contributed by atoms with Gasteiger partial charge in [-0.3, -0.25) is 14.5 Å². The molecule has 0 bridgehead atoms. The van der Waals surface area contributed by atoms with E-state index in [0.29, 0.717) is 42.5 Å². The predicted octanol–water partition coefficient (Wildman–Crippen LogP) is 3.31. The number of hydrogen-bond donors (Lipinski definition) is 1. The van der Waals surface area contributed by atoms with Crippen molar-refractivity contribution < 1.29 is 19.5 Å². The fraction of sp³-hybridized carbons (Fsp3) is 0.250. The molecule has 1 N–H and O–H groups in total. The highest BCUT2D eigenvalue weighted by Crippen LogP contribution is 2.23. The van der Waals surface area contributed by atoms with Crippen LogP contribution in [0, 0.1) is 6.92 Å². The van der Waals surface area contributed by atoms with Crippen LogP contribution >= 0.6 is 0 Å². The first kappa shape index (κ1) is 16.9. The Morgan fingerprint density at radius 3 is 2.24 bits per heavy atom. The summed E-state index contributed by atoms with van der Waals surface area (Å²) in [7, 11) is 0. The van der Waals surface area contributed by atoms with Gasteiger partial charge < -0.3 is 5.11 Å². The molecule has 2 aromatic rings. The second kappa shape index (κ2) is 6.89. The maximum absolute atomic E-state index is 12.3. The molecule has 0 spiro atoms. The summed E-state index contributed by atoms with van der Waals surface area (Å²) in [5.41, 5.74) is 3.03. The van der Waals surface area contributed by atoms with Gasteiger partial charge in [0, 0.05) is 6.54 Å². The van der Waals surface area contributed by atoms with E-state index in [-0.39, 0.29) is 11.8 Å². The largest absolute Gasteiger partial charge is 0.478 e. The Balaban J connectivity index is 1.60. The topological polar surface area (TPSA) is 74.7 Å². The van der Waals surface area contributed by atoms with Crippen LogP contribution in [-0.2, 0) is 6.42 Å². The molecule has 0 saturated heterocycles. The van der Waals surface area contributed by atoms with Gasteiger partial charge in [-0.15, -0.1) is 0 Å². The third-order valence-corrected chi connectivity index (χ3v) is 4.45. The van der Waals surface area contributed by atoms with Crippen LogP contribution in [0.5, 0.6) is 0 Å². The standard InChI is InChI=1S/C20H19NO4/c1-13-9-10-15(20(24)25)14(12-13)6-4-5-11-21-18(22)16-7-2-3-8-17(16)19(21)23/h2-3,7-10,12H,4-6,11H2,1H3,(H,24,25). The zero-order valence-corrected chi connectivity index (χ0v) is 14.0. The van der Waals surface area contributed by atoms with Crippen LogP contribution in [0.2, 0.25) is 0 Å². The maximum Gasteiger partial charge on any atom is 0.335 e. The van der Waals surface area contributed by atoms with E-state index in [1.165, 1.54) is 4.90 Å². The number of fused-ring (bicyclic) bond motifs is 1. The van der Waals surface area contributed by atoms with Crippen LogP contribution < -0.4 is 0 Å². The number of rotatable bonds is 6. The Morgan fingerprint density at radius 1 is 1.00 bits per heavy atom. The molecule has 2 amide bonds. The number of amides is 2. The fourth-order valence-electron chi connectivity index (χ4n) is 3.17. The van der Waals surface area contributed by atoms with Gasteiger partial charge in [0.2, 0.25) is 0 Å². The number of unbranched alkanes of at least 4 members (excludes halogenated alkanes) is 1. The molecule has 0 aromatic heterocycles. The van der Waals surface area contributed by atoms with E-state index in [1.54, 1.807) is 36.4 Å². The van der Waals surface area contributed by atoms with Crippen molar-refractivity contribution in [1.29, 1.82) is 0 Å². The van der Waals surface area contributed by atoms with Crippen LogP contribution in [0.3, 0.4) is 0 Å². The van der Waals surface area contributed by atoms with Crippen LogP contribution in [0.25, 0.3) is 0 Å². The number of imide groups is 1. The molecule has 5 heteroatoms. The second-order valence-electron chi connectivity index (χ2n) is 6.23. The lowest BCUT2D eigenvalue weighted by Crippen LogP contribution is -2.30. The molecule has 1 heterocycles. The van der Waals surface area contributed by atoms with E-state index in [9.17, 15) is 19.5 Å². The second-order valence-corrected chi connectivity index (χ2v) is 6.23. The molecule has 0 radical (unpaired) electrons. The SMILES string of the molecule is Cc1ccc(C(=O)O)c(CCCCN2C(=O)c3ccccc3C2=O)c1. The van der Waals surface area contributed by atoms with Crippen molar-refractivity contribution in [2.75, 3.05) is 6.54 Å². The molecule has 128 valence electrons. The third-order valence-electron chi connectivity index (χ3n) is 4.45. The minimum atomic E-state index is -0.935. The predicted molar refractivity (Wildman–Crippen MR) is 92.9 cm³/mol. The van der Waals surface area contributed by atoms with Crippen molar-refractivity contribution in [2.24, 2.45) is 0 Å². The van der Waals surface area contributed by atoms with Gasteiger partial charge in [-0.2, -0.15) is 0 Å². The van der Waals surface area contributed by atoms with Gasteiger partial charge >= 0.3 is 5.97 Å². The zero-order valence-electron chi connectivity index (χ0n) is 14.0. The number of aryl methyl sites for hydroxylation is 2. The van der Waals surface area contributed by atoms with Gasteiger partial charge in [-0.25, -0.2) is 4.79 Å². The summed E-state index contributed by atoms with van der Waals surface area (Å²) in [4.78, 5) is 37.1. The first-order valence-electron chi connectivity index (χ1n) is 8.27.